The molecule has 4 heteroatoms. The fourth-order valence-electron chi connectivity index (χ4n) is 3.46. The number of allylic oxidation sites excluding steroid dienone is 1. The lowest BCUT2D eigenvalue weighted by Crippen LogP contribution is -2.44. The van der Waals surface area contributed by atoms with Crippen molar-refractivity contribution >= 4 is 23.6 Å². The van der Waals surface area contributed by atoms with E-state index in [4.69, 9.17) is 11.6 Å². The second-order valence-electron chi connectivity index (χ2n) is 6.60. The van der Waals surface area contributed by atoms with Crippen LogP contribution in [0.1, 0.15) is 31.2 Å². The van der Waals surface area contributed by atoms with E-state index >= 15 is 0 Å². The molecule has 3 rings (SSSR count). The summed E-state index contributed by atoms with van der Waals surface area (Å²) < 4.78 is 0. The van der Waals surface area contributed by atoms with Crippen molar-refractivity contribution in [2.45, 2.75) is 25.7 Å². The Morgan fingerprint density at radius 3 is 2.39 bits per heavy atom. The van der Waals surface area contributed by atoms with Crippen molar-refractivity contribution in [2.24, 2.45) is 11.8 Å². The van der Waals surface area contributed by atoms with E-state index in [9.17, 15) is 4.79 Å². The molecule has 0 aromatic heterocycles. The third kappa shape index (κ3) is 4.58. The molecule has 0 spiro atoms. The van der Waals surface area contributed by atoms with Crippen LogP contribution >= 0.6 is 11.6 Å². The zero-order chi connectivity index (χ0) is 16.1. The van der Waals surface area contributed by atoms with Crippen LogP contribution < -0.4 is 5.32 Å². The molecule has 1 N–H and O–H groups in total. The second kappa shape index (κ2) is 7.98. The molecular weight excluding hydrogens is 308 g/mol. The predicted molar refractivity (Wildman–Crippen MR) is 95.4 cm³/mol. The first-order valence-electron chi connectivity index (χ1n) is 8.65. The number of rotatable bonds is 3. The number of carbonyl (C=O) groups excluding carboxylic acids is 1. The minimum Gasteiger partial charge on any atom is -0.342 e. The maximum atomic E-state index is 12.5. The van der Waals surface area contributed by atoms with E-state index < -0.39 is 0 Å². The Balaban J connectivity index is 1.48. The first-order chi connectivity index (χ1) is 11.2. The highest BCUT2D eigenvalue weighted by molar-refractivity contribution is 6.30. The summed E-state index contributed by atoms with van der Waals surface area (Å²) in [5, 5.41) is 4.10. The Morgan fingerprint density at radius 1 is 1.09 bits per heavy atom. The van der Waals surface area contributed by atoms with Crippen LogP contribution in [0.25, 0.3) is 6.08 Å². The highest BCUT2D eigenvalue weighted by Gasteiger charge is 2.28. The molecule has 3 nitrogen and oxygen atoms in total. The number of carbonyl (C=O) groups is 1. The average molecular weight is 333 g/mol. The molecule has 0 bridgehead atoms. The van der Waals surface area contributed by atoms with Crippen LogP contribution in [0.4, 0.5) is 0 Å². The van der Waals surface area contributed by atoms with Gasteiger partial charge in [-0.15, -0.1) is 0 Å². The molecule has 2 aliphatic heterocycles. The van der Waals surface area contributed by atoms with Crippen molar-refractivity contribution in [3.8, 4) is 0 Å². The highest BCUT2D eigenvalue weighted by Crippen LogP contribution is 2.23. The number of likely N-dealkylation sites (tertiary alicyclic amines) is 1. The lowest BCUT2D eigenvalue weighted by Gasteiger charge is -2.34. The van der Waals surface area contributed by atoms with Crippen LogP contribution in [-0.4, -0.2) is 37.0 Å². The van der Waals surface area contributed by atoms with E-state index in [0.717, 1.165) is 56.9 Å². The number of amides is 1. The molecule has 2 saturated heterocycles. The third-order valence-electron chi connectivity index (χ3n) is 4.97. The van der Waals surface area contributed by atoms with Crippen LogP contribution in [0, 0.1) is 11.8 Å². The SMILES string of the molecule is O=C(C1CCNCC1)N1CCC(C=Cc2ccc(Cl)cc2)CC1. The smallest absolute Gasteiger partial charge is 0.225 e. The monoisotopic (exact) mass is 332 g/mol. The number of nitrogens with zero attached hydrogens (tertiary/aromatic N) is 1. The van der Waals surface area contributed by atoms with Crippen LogP contribution in [-0.2, 0) is 4.79 Å². The Bertz CT molecular complexity index is 541. The molecule has 2 heterocycles. The molecular formula is C19H25ClN2O. The van der Waals surface area contributed by atoms with Crippen molar-refractivity contribution in [1.82, 2.24) is 10.2 Å². The Morgan fingerprint density at radius 2 is 1.74 bits per heavy atom. The minimum atomic E-state index is 0.248. The summed E-state index contributed by atoms with van der Waals surface area (Å²) >= 11 is 5.90. The fourth-order valence-corrected chi connectivity index (χ4v) is 3.59. The molecule has 2 fully saturated rings. The van der Waals surface area contributed by atoms with E-state index in [0.29, 0.717) is 11.8 Å². The van der Waals surface area contributed by atoms with Gasteiger partial charge in [0.05, 0.1) is 0 Å². The molecule has 0 unspecified atom stereocenters. The largest absolute Gasteiger partial charge is 0.342 e. The number of hydrogen-bond donors (Lipinski definition) is 1. The van der Waals surface area contributed by atoms with E-state index in [-0.39, 0.29) is 5.92 Å². The molecule has 1 aromatic carbocycles. The second-order valence-corrected chi connectivity index (χ2v) is 7.03. The quantitative estimate of drug-likeness (QED) is 0.917. The van der Waals surface area contributed by atoms with E-state index in [1.165, 1.54) is 5.56 Å². The predicted octanol–water partition coefficient (Wildman–Crippen LogP) is 3.59. The van der Waals surface area contributed by atoms with Crippen molar-refractivity contribution in [2.75, 3.05) is 26.2 Å². The van der Waals surface area contributed by atoms with Gasteiger partial charge in [-0.3, -0.25) is 4.79 Å². The molecule has 23 heavy (non-hydrogen) atoms. The molecule has 1 amide bonds. The molecule has 0 atom stereocenters. The van der Waals surface area contributed by atoms with Crippen LogP contribution in [0.3, 0.4) is 0 Å². The molecule has 0 saturated carbocycles. The number of benzene rings is 1. The van der Waals surface area contributed by atoms with Gasteiger partial charge in [-0.1, -0.05) is 35.9 Å². The van der Waals surface area contributed by atoms with Gasteiger partial charge in [0.2, 0.25) is 5.91 Å². The van der Waals surface area contributed by atoms with Gasteiger partial charge in [-0.2, -0.15) is 0 Å². The fraction of sp³-hybridized carbons (Fsp3) is 0.526. The summed E-state index contributed by atoms with van der Waals surface area (Å²) in [4.78, 5) is 14.6. The Labute approximate surface area is 143 Å². The van der Waals surface area contributed by atoms with E-state index in [1.54, 1.807) is 0 Å². The summed E-state index contributed by atoms with van der Waals surface area (Å²) in [5.41, 5.74) is 1.18. The molecule has 2 aliphatic rings. The number of halogens is 1. The highest BCUT2D eigenvalue weighted by atomic mass is 35.5. The van der Waals surface area contributed by atoms with Gasteiger partial charge in [0.25, 0.3) is 0 Å². The molecule has 1 aromatic rings. The summed E-state index contributed by atoms with van der Waals surface area (Å²) in [5.74, 6) is 1.20. The normalized spacial score (nSPS) is 21.0. The summed E-state index contributed by atoms with van der Waals surface area (Å²) in [7, 11) is 0. The van der Waals surface area contributed by atoms with E-state index in [1.807, 2.05) is 24.3 Å². The Hall–Kier alpha value is -1.32. The van der Waals surface area contributed by atoms with Gasteiger partial charge in [-0.25, -0.2) is 0 Å². The first-order valence-corrected chi connectivity index (χ1v) is 9.03. The molecule has 0 aliphatic carbocycles. The van der Waals surface area contributed by atoms with Crippen LogP contribution in [0.15, 0.2) is 30.3 Å². The lowest BCUT2D eigenvalue weighted by atomic mass is 9.92. The van der Waals surface area contributed by atoms with E-state index in [2.05, 4.69) is 22.4 Å². The zero-order valence-corrected chi connectivity index (χ0v) is 14.3. The van der Waals surface area contributed by atoms with Gasteiger partial charge >= 0.3 is 0 Å². The molecule has 124 valence electrons. The average Bonchev–Trinajstić information content (AvgIpc) is 2.62. The minimum absolute atomic E-state index is 0.248. The van der Waals surface area contributed by atoms with Crippen LogP contribution in [0.5, 0.6) is 0 Å². The standard InChI is InChI=1S/C19H25ClN2O/c20-18-5-3-15(4-6-18)1-2-16-9-13-22(14-10-16)19(23)17-7-11-21-12-8-17/h1-6,16-17,21H,7-14H2. The summed E-state index contributed by atoms with van der Waals surface area (Å²) in [6.45, 7) is 3.77. The van der Waals surface area contributed by atoms with Gasteiger partial charge in [0.1, 0.15) is 0 Å². The maximum Gasteiger partial charge on any atom is 0.225 e. The van der Waals surface area contributed by atoms with Crippen molar-refractivity contribution in [3.05, 3.63) is 40.9 Å². The van der Waals surface area contributed by atoms with Gasteiger partial charge in [0.15, 0.2) is 0 Å². The van der Waals surface area contributed by atoms with Crippen molar-refractivity contribution in [3.63, 3.8) is 0 Å². The zero-order valence-electron chi connectivity index (χ0n) is 13.5. The number of piperidine rings is 2. The number of nitrogens with one attached hydrogen (secondary N) is 1. The molecule has 0 radical (unpaired) electrons. The summed E-state index contributed by atoms with van der Waals surface area (Å²) in [6.07, 6.45) is 8.59. The van der Waals surface area contributed by atoms with Gasteiger partial charge < -0.3 is 10.2 Å². The lowest BCUT2D eigenvalue weighted by molar-refractivity contribution is -0.137. The topological polar surface area (TPSA) is 32.3 Å². The van der Waals surface area contributed by atoms with Crippen molar-refractivity contribution in [1.29, 1.82) is 0 Å². The Kier molecular flexibility index (Phi) is 5.74. The number of hydrogen-bond acceptors (Lipinski definition) is 2. The third-order valence-corrected chi connectivity index (χ3v) is 5.22. The van der Waals surface area contributed by atoms with Crippen LogP contribution in [0.2, 0.25) is 5.02 Å². The first kappa shape index (κ1) is 16.5. The maximum absolute atomic E-state index is 12.5. The summed E-state index contributed by atoms with van der Waals surface area (Å²) in [6, 6.07) is 7.91. The van der Waals surface area contributed by atoms with Crippen molar-refractivity contribution < 1.29 is 4.79 Å². The van der Waals surface area contributed by atoms with Gasteiger partial charge in [-0.05, 0) is 62.4 Å². The van der Waals surface area contributed by atoms with Gasteiger partial charge in [0, 0.05) is 24.0 Å².